The number of aliphatic imine (C=N–C) groups is 1. The molecule has 1 aliphatic heterocycles. The number of benzene rings is 1. The van der Waals surface area contributed by atoms with Crippen molar-refractivity contribution < 1.29 is 9.53 Å². The van der Waals surface area contributed by atoms with E-state index in [1.165, 1.54) is 13.5 Å². The zero-order valence-electron chi connectivity index (χ0n) is 12.0. The number of carbonyl (C=O) groups excluding carboxylic acids is 1. The lowest BCUT2D eigenvalue weighted by molar-refractivity contribution is 0.0599. The molecule has 4 nitrogen and oxygen atoms in total. The summed E-state index contributed by atoms with van der Waals surface area (Å²) < 4.78 is 4.82. The van der Waals surface area contributed by atoms with E-state index in [1.54, 1.807) is 0 Å². The van der Waals surface area contributed by atoms with Crippen LogP contribution in [-0.2, 0) is 11.2 Å². The number of amidine groups is 1. The Morgan fingerprint density at radius 3 is 3.00 bits per heavy atom. The third-order valence-corrected chi connectivity index (χ3v) is 3.86. The molecule has 1 atom stereocenters. The molecule has 0 radical (unpaired) electrons. The van der Waals surface area contributed by atoms with Crippen molar-refractivity contribution >= 4 is 11.8 Å². The summed E-state index contributed by atoms with van der Waals surface area (Å²) in [6.45, 7) is 0.848. The van der Waals surface area contributed by atoms with E-state index in [-0.39, 0.29) is 5.97 Å². The van der Waals surface area contributed by atoms with Crippen molar-refractivity contribution in [2.75, 3.05) is 13.7 Å². The summed E-state index contributed by atoms with van der Waals surface area (Å²) in [5, 5.41) is 0. The van der Waals surface area contributed by atoms with E-state index in [0.717, 1.165) is 43.6 Å². The van der Waals surface area contributed by atoms with Crippen LogP contribution < -0.4 is 5.73 Å². The molecular weight excluding hydrogens is 252 g/mol. The Morgan fingerprint density at radius 2 is 2.20 bits per heavy atom. The Balaban J connectivity index is 2.05. The zero-order chi connectivity index (χ0) is 14.4. The first-order valence-corrected chi connectivity index (χ1v) is 7.18. The van der Waals surface area contributed by atoms with Gasteiger partial charge in [0.2, 0.25) is 0 Å². The fraction of sp³-hybridized carbons (Fsp3) is 0.500. The maximum atomic E-state index is 11.7. The average Bonchev–Trinajstić information content (AvgIpc) is 2.69. The third kappa shape index (κ3) is 3.59. The highest BCUT2D eigenvalue weighted by Crippen LogP contribution is 2.21. The maximum Gasteiger partial charge on any atom is 0.338 e. The Morgan fingerprint density at radius 1 is 1.40 bits per heavy atom. The second kappa shape index (κ2) is 7.08. The number of carbonyl (C=O) groups is 1. The molecule has 0 amide bonds. The van der Waals surface area contributed by atoms with Crippen molar-refractivity contribution in [2.45, 2.75) is 32.1 Å². The van der Waals surface area contributed by atoms with Crippen molar-refractivity contribution in [2.24, 2.45) is 16.6 Å². The van der Waals surface area contributed by atoms with Gasteiger partial charge in [-0.3, -0.25) is 4.99 Å². The minimum Gasteiger partial charge on any atom is -0.465 e. The van der Waals surface area contributed by atoms with Crippen molar-refractivity contribution in [3.05, 3.63) is 35.4 Å². The monoisotopic (exact) mass is 274 g/mol. The van der Waals surface area contributed by atoms with E-state index in [1.807, 2.05) is 24.3 Å². The lowest BCUT2D eigenvalue weighted by atomic mass is 9.92. The van der Waals surface area contributed by atoms with Crippen molar-refractivity contribution in [1.29, 1.82) is 0 Å². The predicted octanol–water partition coefficient (Wildman–Crippen LogP) is 2.56. The number of esters is 1. The molecule has 1 unspecified atom stereocenters. The highest BCUT2D eigenvalue weighted by atomic mass is 16.5. The molecule has 0 spiro atoms. The molecule has 4 heteroatoms. The summed E-state index contributed by atoms with van der Waals surface area (Å²) in [6.07, 6.45) is 5.15. The van der Waals surface area contributed by atoms with Crippen LogP contribution in [-0.4, -0.2) is 25.5 Å². The van der Waals surface area contributed by atoms with Gasteiger partial charge in [-0.1, -0.05) is 24.6 Å². The van der Waals surface area contributed by atoms with Crippen LogP contribution in [0.15, 0.2) is 29.3 Å². The average molecular weight is 274 g/mol. The standard InChI is InChI=1S/C16H22N2O2/c1-20-16(19)14-8-3-2-6-12(14)9-10-13-7-4-5-11-18-15(13)17/h2-3,6,8,13H,4-5,7,9-11H2,1H3,(H2,17,18). The van der Waals surface area contributed by atoms with Gasteiger partial charge in [0.1, 0.15) is 0 Å². The van der Waals surface area contributed by atoms with Crippen LogP contribution in [0.4, 0.5) is 0 Å². The highest BCUT2D eigenvalue weighted by Gasteiger charge is 2.17. The SMILES string of the molecule is COC(=O)c1ccccc1CCC1CCCCN=C1N. The Hall–Kier alpha value is -1.84. The normalized spacial score (nSPS) is 19.1. The van der Waals surface area contributed by atoms with Gasteiger partial charge in [-0.05, 0) is 37.3 Å². The topological polar surface area (TPSA) is 64.7 Å². The molecule has 0 fully saturated rings. The summed E-state index contributed by atoms with van der Waals surface area (Å²) in [5.74, 6) is 0.837. The third-order valence-electron chi connectivity index (χ3n) is 3.86. The van der Waals surface area contributed by atoms with Crippen molar-refractivity contribution in [3.63, 3.8) is 0 Å². The predicted molar refractivity (Wildman–Crippen MR) is 79.9 cm³/mol. The Bertz CT molecular complexity index is 497. The summed E-state index contributed by atoms with van der Waals surface area (Å²) in [5.41, 5.74) is 7.70. The van der Waals surface area contributed by atoms with Crippen LogP contribution >= 0.6 is 0 Å². The molecule has 0 aromatic heterocycles. The quantitative estimate of drug-likeness (QED) is 0.858. The van der Waals surface area contributed by atoms with Gasteiger partial charge in [0.15, 0.2) is 0 Å². The van der Waals surface area contributed by atoms with Crippen LogP contribution in [0.1, 0.15) is 41.6 Å². The lowest BCUT2D eigenvalue weighted by Crippen LogP contribution is -2.23. The fourth-order valence-corrected chi connectivity index (χ4v) is 2.66. The molecule has 1 aromatic rings. The number of hydrogen-bond acceptors (Lipinski definition) is 4. The first kappa shape index (κ1) is 14.6. The molecule has 2 rings (SSSR count). The zero-order valence-corrected chi connectivity index (χ0v) is 12.0. The van der Waals surface area contributed by atoms with E-state index < -0.39 is 0 Å². The Kier molecular flexibility index (Phi) is 5.16. The number of ether oxygens (including phenoxy) is 1. The van der Waals surface area contributed by atoms with Gasteiger partial charge in [0.05, 0.1) is 18.5 Å². The van der Waals surface area contributed by atoms with Gasteiger partial charge in [-0.25, -0.2) is 4.79 Å². The largest absolute Gasteiger partial charge is 0.465 e. The number of hydrogen-bond donors (Lipinski definition) is 1. The summed E-state index contributed by atoms with van der Waals surface area (Å²) >= 11 is 0. The number of rotatable bonds is 4. The molecule has 108 valence electrons. The molecule has 0 saturated carbocycles. The van der Waals surface area contributed by atoms with Gasteiger partial charge in [0, 0.05) is 12.5 Å². The summed E-state index contributed by atoms with van der Waals surface area (Å²) in [6, 6.07) is 7.60. The van der Waals surface area contributed by atoms with Gasteiger partial charge < -0.3 is 10.5 Å². The number of nitrogens with two attached hydrogens (primary N) is 1. The summed E-state index contributed by atoms with van der Waals surface area (Å²) in [4.78, 5) is 16.1. The van der Waals surface area contributed by atoms with Gasteiger partial charge in [0.25, 0.3) is 0 Å². The first-order valence-electron chi connectivity index (χ1n) is 7.18. The van der Waals surface area contributed by atoms with Crippen LogP contribution in [0.2, 0.25) is 0 Å². The van der Waals surface area contributed by atoms with Crippen molar-refractivity contribution in [1.82, 2.24) is 0 Å². The van der Waals surface area contributed by atoms with E-state index in [2.05, 4.69) is 4.99 Å². The first-order chi connectivity index (χ1) is 9.72. The van der Waals surface area contributed by atoms with Crippen LogP contribution in [0.25, 0.3) is 0 Å². The molecule has 20 heavy (non-hydrogen) atoms. The van der Waals surface area contributed by atoms with Crippen LogP contribution in [0.5, 0.6) is 0 Å². The van der Waals surface area contributed by atoms with E-state index in [4.69, 9.17) is 10.5 Å². The number of nitrogens with zero attached hydrogens (tertiary/aromatic N) is 1. The molecule has 0 saturated heterocycles. The Labute approximate surface area is 120 Å². The van der Waals surface area contributed by atoms with Gasteiger partial charge in [-0.2, -0.15) is 0 Å². The number of aryl methyl sites for hydroxylation is 1. The summed E-state index contributed by atoms with van der Waals surface area (Å²) in [7, 11) is 1.41. The molecule has 0 bridgehead atoms. The van der Waals surface area contributed by atoms with Crippen LogP contribution in [0, 0.1) is 5.92 Å². The molecule has 1 heterocycles. The number of methoxy groups -OCH3 is 1. The van der Waals surface area contributed by atoms with E-state index in [9.17, 15) is 4.79 Å². The molecule has 0 aliphatic carbocycles. The minimum absolute atomic E-state index is 0.275. The fourth-order valence-electron chi connectivity index (χ4n) is 2.66. The molecule has 1 aromatic carbocycles. The highest BCUT2D eigenvalue weighted by molar-refractivity contribution is 5.91. The van der Waals surface area contributed by atoms with E-state index >= 15 is 0 Å². The smallest absolute Gasteiger partial charge is 0.338 e. The second-order valence-corrected chi connectivity index (χ2v) is 5.19. The molecule has 2 N–H and O–H groups in total. The molecule has 1 aliphatic rings. The van der Waals surface area contributed by atoms with Crippen LogP contribution in [0.3, 0.4) is 0 Å². The van der Waals surface area contributed by atoms with Crippen molar-refractivity contribution in [3.8, 4) is 0 Å². The van der Waals surface area contributed by atoms with E-state index in [0.29, 0.717) is 11.5 Å². The van der Waals surface area contributed by atoms with Gasteiger partial charge in [-0.15, -0.1) is 0 Å². The second-order valence-electron chi connectivity index (χ2n) is 5.19. The maximum absolute atomic E-state index is 11.7. The van der Waals surface area contributed by atoms with Gasteiger partial charge >= 0.3 is 5.97 Å². The lowest BCUT2D eigenvalue weighted by Gasteiger charge is -2.15. The minimum atomic E-state index is -0.275. The molecular formula is C16H22N2O2.